The molecule has 0 aromatic heterocycles. The van der Waals surface area contributed by atoms with Crippen LogP contribution in [0.25, 0.3) is 0 Å². The highest BCUT2D eigenvalue weighted by molar-refractivity contribution is 5.53. The van der Waals surface area contributed by atoms with E-state index in [0.29, 0.717) is 12.4 Å². The van der Waals surface area contributed by atoms with Crippen molar-refractivity contribution in [2.45, 2.75) is 40.7 Å². The van der Waals surface area contributed by atoms with Gasteiger partial charge in [-0.1, -0.05) is 27.7 Å². The lowest BCUT2D eigenvalue weighted by atomic mass is 9.93. The van der Waals surface area contributed by atoms with E-state index in [1.54, 1.807) is 14.2 Å². The highest BCUT2D eigenvalue weighted by atomic mass is 16.5. The molecule has 0 atom stereocenters. The predicted octanol–water partition coefficient (Wildman–Crippen LogP) is 3.63. The molecule has 0 saturated heterocycles. The lowest BCUT2D eigenvalue weighted by Crippen LogP contribution is -2.13. The van der Waals surface area contributed by atoms with Gasteiger partial charge in [0.2, 0.25) is 5.75 Å². The van der Waals surface area contributed by atoms with E-state index >= 15 is 0 Å². The van der Waals surface area contributed by atoms with Gasteiger partial charge in [-0.2, -0.15) is 0 Å². The van der Waals surface area contributed by atoms with Gasteiger partial charge in [0, 0.05) is 6.54 Å². The Bertz CT molecular complexity index is 413. The third-order valence-corrected chi connectivity index (χ3v) is 3.20. The first-order valence-corrected chi connectivity index (χ1v) is 7.49. The zero-order chi connectivity index (χ0) is 15.9. The van der Waals surface area contributed by atoms with E-state index in [2.05, 4.69) is 33.0 Å². The minimum atomic E-state index is 0.242. The summed E-state index contributed by atoms with van der Waals surface area (Å²) >= 11 is 0. The van der Waals surface area contributed by atoms with E-state index in [0.717, 1.165) is 36.6 Å². The van der Waals surface area contributed by atoms with Crippen LogP contribution in [0.2, 0.25) is 0 Å². The molecule has 4 heteroatoms. The topological polar surface area (TPSA) is 39.7 Å². The summed E-state index contributed by atoms with van der Waals surface area (Å²) in [4.78, 5) is 0. The van der Waals surface area contributed by atoms with E-state index in [1.807, 2.05) is 12.1 Å². The fraction of sp³-hybridized carbons (Fsp3) is 0.647. The van der Waals surface area contributed by atoms with Crippen molar-refractivity contribution in [1.82, 2.24) is 5.32 Å². The van der Waals surface area contributed by atoms with Crippen molar-refractivity contribution in [2.75, 3.05) is 27.4 Å². The molecule has 1 N–H and O–H groups in total. The maximum absolute atomic E-state index is 5.92. The first-order valence-electron chi connectivity index (χ1n) is 7.49. The van der Waals surface area contributed by atoms with E-state index < -0.39 is 0 Å². The second-order valence-electron chi connectivity index (χ2n) is 6.27. The Balaban J connectivity index is 2.90. The van der Waals surface area contributed by atoms with Crippen molar-refractivity contribution < 1.29 is 14.2 Å². The van der Waals surface area contributed by atoms with Crippen LogP contribution in [0.15, 0.2) is 12.1 Å². The first kappa shape index (κ1) is 17.6. The smallest absolute Gasteiger partial charge is 0.203 e. The van der Waals surface area contributed by atoms with Crippen LogP contribution < -0.4 is 19.5 Å². The van der Waals surface area contributed by atoms with Gasteiger partial charge in [0.05, 0.1) is 20.8 Å². The molecule has 0 unspecified atom stereocenters. The fourth-order valence-electron chi connectivity index (χ4n) is 1.91. The fourth-order valence-corrected chi connectivity index (χ4v) is 1.91. The molecular formula is C17H29NO3. The summed E-state index contributed by atoms with van der Waals surface area (Å²) < 4.78 is 16.8. The molecule has 1 aromatic carbocycles. The van der Waals surface area contributed by atoms with Crippen molar-refractivity contribution in [2.24, 2.45) is 5.41 Å². The Hall–Kier alpha value is -1.42. The lowest BCUT2D eigenvalue weighted by molar-refractivity contribution is 0.225. The Labute approximate surface area is 128 Å². The Morgan fingerprint density at radius 1 is 1.05 bits per heavy atom. The standard InChI is InChI=1S/C17H29NO3/c1-7-18-12-13-10-14(19-5)16(15(11-13)20-6)21-9-8-17(2,3)4/h10-11,18H,7-9,12H2,1-6H3. The normalized spacial score (nSPS) is 11.3. The summed E-state index contributed by atoms with van der Waals surface area (Å²) in [5, 5.41) is 3.30. The van der Waals surface area contributed by atoms with Crippen molar-refractivity contribution >= 4 is 0 Å². The highest BCUT2D eigenvalue weighted by Gasteiger charge is 2.16. The maximum Gasteiger partial charge on any atom is 0.203 e. The van der Waals surface area contributed by atoms with E-state index in [1.165, 1.54) is 0 Å². The van der Waals surface area contributed by atoms with E-state index in [9.17, 15) is 0 Å². The van der Waals surface area contributed by atoms with Crippen LogP contribution in [0.4, 0.5) is 0 Å². The summed E-state index contributed by atoms with van der Waals surface area (Å²) in [7, 11) is 3.31. The van der Waals surface area contributed by atoms with Crippen LogP contribution in [0.3, 0.4) is 0 Å². The van der Waals surface area contributed by atoms with Crippen LogP contribution >= 0.6 is 0 Å². The molecule has 0 fully saturated rings. The zero-order valence-corrected chi connectivity index (χ0v) is 14.2. The third kappa shape index (κ3) is 5.84. The zero-order valence-electron chi connectivity index (χ0n) is 14.2. The molecule has 0 aliphatic rings. The molecule has 0 aliphatic heterocycles. The molecule has 0 saturated carbocycles. The molecule has 4 nitrogen and oxygen atoms in total. The van der Waals surface area contributed by atoms with Gasteiger partial charge in [-0.3, -0.25) is 0 Å². The van der Waals surface area contributed by atoms with Crippen molar-refractivity contribution in [3.05, 3.63) is 17.7 Å². The minimum absolute atomic E-state index is 0.242. The second kappa shape index (κ2) is 8.13. The summed E-state index contributed by atoms with van der Waals surface area (Å²) in [6.07, 6.45) is 0.971. The lowest BCUT2D eigenvalue weighted by Gasteiger charge is -2.20. The molecule has 0 amide bonds. The number of nitrogens with one attached hydrogen (secondary N) is 1. The molecule has 1 rings (SSSR count). The third-order valence-electron chi connectivity index (χ3n) is 3.20. The van der Waals surface area contributed by atoms with Crippen LogP contribution in [-0.4, -0.2) is 27.4 Å². The molecule has 0 heterocycles. The summed E-state index contributed by atoms with van der Waals surface area (Å²) in [5.74, 6) is 2.12. The molecule has 0 spiro atoms. The molecule has 0 radical (unpaired) electrons. The van der Waals surface area contributed by atoms with Gasteiger partial charge in [0.15, 0.2) is 11.5 Å². The number of benzene rings is 1. The van der Waals surface area contributed by atoms with Crippen LogP contribution in [0.1, 0.15) is 39.7 Å². The maximum atomic E-state index is 5.92. The monoisotopic (exact) mass is 295 g/mol. The number of rotatable bonds is 8. The molecule has 21 heavy (non-hydrogen) atoms. The van der Waals surface area contributed by atoms with Crippen LogP contribution in [-0.2, 0) is 6.54 Å². The summed E-state index contributed by atoms with van der Waals surface area (Å²) in [6, 6.07) is 4.00. The van der Waals surface area contributed by atoms with Gasteiger partial charge in [-0.05, 0) is 36.1 Å². The summed E-state index contributed by atoms with van der Waals surface area (Å²) in [6.45, 7) is 11.0. The first-order chi connectivity index (χ1) is 9.91. The number of hydrogen-bond donors (Lipinski definition) is 1. The largest absolute Gasteiger partial charge is 0.493 e. The molecule has 120 valence electrons. The quantitative estimate of drug-likeness (QED) is 0.795. The number of ether oxygens (including phenoxy) is 3. The Kier molecular flexibility index (Phi) is 6.82. The molecule has 0 bridgehead atoms. The van der Waals surface area contributed by atoms with E-state index in [-0.39, 0.29) is 5.41 Å². The number of hydrogen-bond acceptors (Lipinski definition) is 4. The average molecular weight is 295 g/mol. The minimum Gasteiger partial charge on any atom is -0.493 e. The van der Waals surface area contributed by atoms with Crippen molar-refractivity contribution in [3.8, 4) is 17.2 Å². The second-order valence-corrected chi connectivity index (χ2v) is 6.27. The average Bonchev–Trinajstić information content (AvgIpc) is 2.44. The van der Waals surface area contributed by atoms with Gasteiger partial charge in [0.1, 0.15) is 0 Å². The van der Waals surface area contributed by atoms with Crippen LogP contribution in [0.5, 0.6) is 17.2 Å². The van der Waals surface area contributed by atoms with Gasteiger partial charge >= 0.3 is 0 Å². The van der Waals surface area contributed by atoms with E-state index in [4.69, 9.17) is 14.2 Å². The Morgan fingerprint density at radius 3 is 2.05 bits per heavy atom. The van der Waals surface area contributed by atoms with Gasteiger partial charge in [-0.15, -0.1) is 0 Å². The van der Waals surface area contributed by atoms with Crippen molar-refractivity contribution in [1.29, 1.82) is 0 Å². The summed E-state index contributed by atoms with van der Waals surface area (Å²) in [5.41, 5.74) is 1.36. The van der Waals surface area contributed by atoms with Gasteiger partial charge in [0.25, 0.3) is 0 Å². The molecule has 0 aliphatic carbocycles. The molecule has 1 aromatic rings. The van der Waals surface area contributed by atoms with Gasteiger partial charge in [-0.25, -0.2) is 0 Å². The van der Waals surface area contributed by atoms with Crippen molar-refractivity contribution in [3.63, 3.8) is 0 Å². The predicted molar refractivity (Wildman–Crippen MR) is 86.5 cm³/mol. The highest BCUT2D eigenvalue weighted by Crippen LogP contribution is 2.39. The SMILES string of the molecule is CCNCc1cc(OC)c(OCCC(C)(C)C)c(OC)c1. The van der Waals surface area contributed by atoms with Gasteiger partial charge < -0.3 is 19.5 Å². The number of methoxy groups -OCH3 is 2. The van der Waals surface area contributed by atoms with Crippen LogP contribution in [0, 0.1) is 5.41 Å². The molecular weight excluding hydrogens is 266 g/mol. The Morgan fingerprint density at radius 2 is 1.62 bits per heavy atom.